The Morgan fingerprint density at radius 2 is 1.94 bits per heavy atom. The highest BCUT2D eigenvalue weighted by Crippen LogP contribution is 2.05. The fourth-order valence-corrected chi connectivity index (χ4v) is 1.39. The van der Waals surface area contributed by atoms with E-state index in [1.54, 1.807) is 0 Å². The van der Waals surface area contributed by atoms with Gasteiger partial charge in [0.2, 0.25) is 0 Å². The molecule has 0 radical (unpaired) electrons. The maximum absolute atomic E-state index is 11.6. The van der Waals surface area contributed by atoms with Gasteiger partial charge in [-0.1, -0.05) is 30.3 Å². The lowest BCUT2D eigenvalue weighted by molar-refractivity contribution is -0.158. The highest BCUT2D eigenvalue weighted by atomic mass is 16.5. The number of hydrogen-bond acceptors (Lipinski definition) is 4. The third-order valence-corrected chi connectivity index (χ3v) is 2.23. The van der Waals surface area contributed by atoms with Gasteiger partial charge in [-0.15, -0.1) is 0 Å². The van der Waals surface area contributed by atoms with E-state index < -0.39 is 11.9 Å². The van der Waals surface area contributed by atoms with Crippen molar-refractivity contribution in [3.05, 3.63) is 35.9 Å². The van der Waals surface area contributed by atoms with Gasteiger partial charge in [0.15, 0.2) is 0 Å². The number of rotatable bonds is 4. The van der Waals surface area contributed by atoms with E-state index in [2.05, 4.69) is 4.74 Å². The molecule has 0 aliphatic carbocycles. The van der Waals surface area contributed by atoms with Crippen LogP contribution in [0.25, 0.3) is 0 Å². The minimum Gasteiger partial charge on any atom is -0.462 e. The van der Waals surface area contributed by atoms with Crippen LogP contribution in [0.15, 0.2) is 30.3 Å². The molecule has 1 aromatic carbocycles. The molecule has 5 heteroatoms. The molecule has 0 fully saturated rings. The second-order valence-corrected chi connectivity index (χ2v) is 3.43. The van der Waals surface area contributed by atoms with Crippen LogP contribution in [0.2, 0.25) is 0 Å². The first-order chi connectivity index (χ1) is 8.19. The van der Waals surface area contributed by atoms with Crippen molar-refractivity contribution in [1.29, 1.82) is 0 Å². The lowest BCUT2D eigenvalue weighted by Gasteiger charge is -2.20. The Kier molecular flexibility index (Phi) is 5.16. The molecule has 0 aliphatic heterocycles. The Labute approximate surface area is 99.6 Å². The van der Waals surface area contributed by atoms with Crippen molar-refractivity contribution in [2.24, 2.45) is 0 Å². The van der Waals surface area contributed by atoms with E-state index in [0.29, 0.717) is 0 Å². The lowest BCUT2D eigenvalue weighted by atomic mass is 10.2. The highest BCUT2D eigenvalue weighted by molar-refractivity contribution is 6.32. The summed E-state index contributed by atoms with van der Waals surface area (Å²) in [5.41, 5.74) is 0.887. The van der Waals surface area contributed by atoms with Crippen LogP contribution < -0.4 is 0 Å². The minimum atomic E-state index is -0.922. The number of methoxy groups -OCH3 is 1. The number of benzene rings is 1. The summed E-state index contributed by atoms with van der Waals surface area (Å²) in [4.78, 5) is 24.0. The topological polar surface area (TPSA) is 66.8 Å². The molecule has 0 aliphatic rings. The Morgan fingerprint density at radius 1 is 1.29 bits per heavy atom. The zero-order chi connectivity index (χ0) is 12.7. The number of aliphatic hydroxyl groups is 1. The fraction of sp³-hybridized carbons (Fsp3) is 0.333. The van der Waals surface area contributed by atoms with E-state index in [1.807, 2.05) is 30.3 Å². The molecule has 1 amide bonds. The van der Waals surface area contributed by atoms with Crippen molar-refractivity contribution in [1.82, 2.24) is 4.90 Å². The first-order valence-electron chi connectivity index (χ1n) is 5.21. The molecule has 0 spiro atoms. The van der Waals surface area contributed by atoms with Gasteiger partial charge in [0, 0.05) is 13.1 Å². The van der Waals surface area contributed by atoms with E-state index in [0.717, 1.165) is 12.7 Å². The summed E-state index contributed by atoms with van der Waals surface area (Å²) < 4.78 is 4.37. The predicted octanol–water partition coefficient (Wildman–Crippen LogP) is 0.180. The Balaban J connectivity index is 2.73. The van der Waals surface area contributed by atoms with Crippen molar-refractivity contribution < 1.29 is 19.4 Å². The molecular weight excluding hydrogens is 222 g/mol. The van der Waals surface area contributed by atoms with Gasteiger partial charge in [-0.3, -0.25) is 4.79 Å². The standard InChI is InChI=1S/C12H15NO4/c1-17-12(16)11(15)13(7-8-14)9-10-5-3-2-4-6-10/h2-6,14H,7-9H2,1H3. The van der Waals surface area contributed by atoms with Crippen LogP contribution in [-0.2, 0) is 20.9 Å². The molecule has 0 saturated heterocycles. The molecule has 1 aromatic rings. The summed E-state index contributed by atoms with van der Waals surface area (Å²) in [6, 6.07) is 9.23. The SMILES string of the molecule is COC(=O)C(=O)N(CCO)Cc1ccccc1. The van der Waals surface area contributed by atoms with Gasteiger partial charge >= 0.3 is 11.9 Å². The van der Waals surface area contributed by atoms with Crippen molar-refractivity contribution >= 4 is 11.9 Å². The number of nitrogens with zero attached hydrogens (tertiary/aromatic N) is 1. The summed E-state index contributed by atoms with van der Waals surface area (Å²) in [5.74, 6) is -1.67. The highest BCUT2D eigenvalue weighted by Gasteiger charge is 2.21. The summed E-state index contributed by atoms with van der Waals surface area (Å²) >= 11 is 0. The average molecular weight is 237 g/mol. The maximum atomic E-state index is 11.6. The second-order valence-electron chi connectivity index (χ2n) is 3.43. The third-order valence-electron chi connectivity index (χ3n) is 2.23. The molecule has 1 N–H and O–H groups in total. The quantitative estimate of drug-likeness (QED) is 0.599. The molecule has 0 atom stereocenters. The summed E-state index contributed by atoms with van der Waals surface area (Å²) in [6.07, 6.45) is 0. The predicted molar refractivity (Wildman–Crippen MR) is 61.0 cm³/mol. The zero-order valence-corrected chi connectivity index (χ0v) is 9.63. The van der Waals surface area contributed by atoms with Gasteiger partial charge in [0.1, 0.15) is 0 Å². The smallest absolute Gasteiger partial charge is 0.396 e. The largest absolute Gasteiger partial charge is 0.462 e. The number of carbonyl (C=O) groups excluding carboxylic acids is 2. The third kappa shape index (κ3) is 3.88. The summed E-state index contributed by atoms with van der Waals surface area (Å²) in [6.45, 7) is 0.174. The van der Waals surface area contributed by atoms with Crippen molar-refractivity contribution in [3.63, 3.8) is 0 Å². The molecule has 5 nitrogen and oxygen atoms in total. The lowest BCUT2D eigenvalue weighted by Crippen LogP contribution is -2.38. The average Bonchev–Trinajstić information content (AvgIpc) is 2.37. The van der Waals surface area contributed by atoms with E-state index >= 15 is 0 Å². The normalized spacial score (nSPS) is 9.76. The first-order valence-corrected chi connectivity index (χ1v) is 5.21. The first kappa shape index (κ1) is 13.2. The van der Waals surface area contributed by atoms with E-state index in [1.165, 1.54) is 4.90 Å². The van der Waals surface area contributed by atoms with Gasteiger partial charge < -0.3 is 14.7 Å². The van der Waals surface area contributed by atoms with Crippen LogP contribution in [0, 0.1) is 0 Å². The van der Waals surface area contributed by atoms with Gasteiger partial charge in [-0.2, -0.15) is 0 Å². The number of amides is 1. The Morgan fingerprint density at radius 3 is 2.47 bits per heavy atom. The Hall–Kier alpha value is -1.88. The van der Waals surface area contributed by atoms with E-state index in [9.17, 15) is 9.59 Å². The Bertz CT molecular complexity index is 377. The van der Waals surface area contributed by atoms with Crippen LogP contribution >= 0.6 is 0 Å². The number of carbonyl (C=O) groups is 2. The summed E-state index contributed by atoms with van der Waals surface area (Å²) in [5, 5.41) is 8.87. The second kappa shape index (κ2) is 6.65. The maximum Gasteiger partial charge on any atom is 0.396 e. The van der Waals surface area contributed by atoms with Gasteiger partial charge in [-0.25, -0.2) is 4.79 Å². The molecule has 0 unspecified atom stereocenters. The van der Waals surface area contributed by atoms with Crippen molar-refractivity contribution in [2.45, 2.75) is 6.54 Å². The van der Waals surface area contributed by atoms with Gasteiger partial charge in [0.25, 0.3) is 0 Å². The van der Waals surface area contributed by atoms with E-state index in [-0.39, 0.29) is 19.7 Å². The van der Waals surface area contributed by atoms with Crippen LogP contribution in [0.1, 0.15) is 5.56 Å². The van der Waals surface area contributed by atoms with Crippen LogP contribution in [0.3, 0.4) is 0 Å². The molecule has 0 saturated carbocycles. The van der Waals surface area contributed by atoms with Gasteiger partial charge in [-0.05, 0) is 5.56 Å². The number of esters is 1. The molecular formula is C12H15NO4. The monoisotopic (exact) mass is 237 g/mol. The molecule has 0 bridgehead atoms. The van der Waals surface area contributed by atoms with Crippen LogP contribution in [0.5, 0.6) is 0 Å². The zero-order valence-electron chi connectivity index (χ0n) is 9.63. The molecule has 17 heavy (non-hydrogen) atoms. The number of ether oxygens (including phenoxy) is 1. The van der Waals surface area contributed by atoms with Crippen molar-refractivity contribution in [3.8, 4) is 0 Å². The van der Waals surface area contributed by atoms with E-state index in [4.69, 9.17) is 5.11 Å². The minimum absolute atomic E-state index is 0.100. The van der Waals surface area contributed by atoms with Crippen molar-refractivity contribution in [2.75, 3.05) is 20.3 Å². The molecule has 1 rings (SSSR count). The van der Waals surface area contributed by atoms with Crippen LogP contribution in [0.4, 0.5) is 0 Å². The number of aliphatic hydroxyl groups excluding tert-OH is 1. The molecule has 92 valence electrons. The number of hydrogen-bond donors (Lipinski definition) is 1. The van der Waals surface area contributed by atoms with Crippen LogP contribution in [-0.4, -0.2) is 42.1 Å². The fourth-order valence-electron chi connectivity index (χ4n) is 1.39. The van der Waals surface area contributed by atoms with Gasteiger partial charge in [0.05, 0.1) is 13.7 Å². The molecule has 0 aromatic heterocycles. The molecule has 0 heterocycles. The summed E-state index contributed by atoms with van der Waals surface area (Å²) in [7, 11) is 1.15.